The Bertz CT molecular complexity index is 1220. The molecule has 108 valence electrons. The van der Waals surface area contributed by atoms with Crippen LogP contribution in [-0.2, 0) is 9.59 Å². The van der Waals surface area contributed by atoms with E-state index in [9.17, 15) is 14.4 Å². The number of nitrogens with zero attached hydrogens (tertiary/aromatic N) is 2. The first-order valence-corrected chi connectivity index (χ1v) is 5.80. The maximum absolute atomic E-state index is 13.3. The van der Waals surface area contributed by atoms with Gasteiger partial charge in [-0.1, -0.05) is 6.07 Å². The van der Waals surface area contributed by atoms with Gasteiger partial charge in [0, 0.05) is 21.7 Å². The highest BCUT2D eigenvalue weighted by Gasteiger charge is 2.30. The van der Waals surface area contributed by atoms with Crippen molar-refractivity contribution < 1.29 is 23.3 Å². The highest BCUT2D eigenvalue weighted by molar-refractivity contribution is 6.03. The molecule has 3 rings (SSSR count). The first-order valence-electron chi connectivity index (χ1n) is 10.8. The number of benzene rings is 1. The number of ketones is 2. The van der Waals surface area contributed by atoms with E-state index in [1.165, 1.54) is 0 Å². The Morgan fingerprint density at radius 2 is 2.33 bits per heavy atom. The Kier molecular flexibility index (Phi) is 1.39. The Labute approximate surface area is 134 Å². The molecule has 1 aromatic carbocycles. The number of hydrogen-bond acceptors (Lipinski definition) is 5. The van der Waals surface area contributed by atoms with E-state index in [1.54, 1.807) is 0 Å². The summed E-state index contributed by atoms with van der Waals surface area (Å²) in [6.07, 6.45) is -8.38. The minimum atomic E-state index is -3.69. The number of anilines is 1. The van der Waals surface area contributed by atoms with Gasteiger partial charge in [0.25, 0.3) is 5.56 Å². The number of carbonyl (C=O) groups excluding carboxylic acids is 2. The van der Waals surface area contributed by atoms with E-state index in [1.807, 2.05) is 0 Å². The predicted molar refractivity (Wildman–Crippen MR) is 78.1 cm³/mol. The summed E-state index contributed by atoms with van der Waals surface area (Å²) >= 11 is 0. The molecule has 1 saturated carbocycles. The van der Waals surface area contributed by atoms with Gasteiger partial charge in [-0.3, -0.25) is 19.0 Å². The summed E-state index contributed by atoms with van der Waals surface area (Å²) in [5.41, 5.74) is 3.11. The highest BCUT2D eigenvalue weighted by Crippen LogP contribution is 2.24. The molecule has 2 N–H and O–H groups in total. The third-order valence-corrected chi connectivity index (χ3v) is 2.92. The fraction of sp³-hybridized carbons (Fsp3) is 0.333. The average Bonchev–Trinajstić information content (AvgIpc) is 2.62. The molecule has 0 radical (unpaired) electrons. The van der Waals surface area contributed by atoms with Crippen molar-refractivity contribution in [1.29, 1.82) is 0 Å². The lowest BCUT2D eigenvalue weighted by molar-refractivity contribution is -0.132. The number of aryl methyl sites for hydroxylation is 1. The van der Waals surface area contributed by atoms with Gasteiger partial charge in [0.2, 0.25) is 0 Å². The molecule has 0 bridgehead atoms. The second-order valence-corrected chi connectivity index (χ2v) is 4.27. The van der Waals surface area contributed by atoms with Crippen molar-refractivity contribution >= 4 is 28.2 Å². The van der Waals surface area contributed by atoms with Crippen molar-refractivity contribution in [3.05, 3.63) is 34.3 Å². The van der Waals surface area contributed by atoms with Crippen LogP contribution in [0.3, 0.4) is 0 Å². The molecule has 1 heterocycles. The topological polar surface area (TPSA) is 95.0 Å². The van der Waals surface area contributed by atoms with Crippen molar-refractivity contribution in [1.82, 2.24) is 9.55 Å². The number of fused-ring (bicyclic) bond motifs is 1. The first-order chi connectivity index (χ1) is 13.9. The molecular formula is C15H15N3O3. The standard InChI is InChI=1S/C15H15N3O3/c1-8-17-11-4-2-3-10(16)14(11)15(21)18(8)12-6-5-9(19)7-13(12)20/h2-4,12H,5-7,16H2,1H3/t12-/m0/s1/i1D3,3D,4D,5D2,6D2,12D. The van der Waals surface area contributed by atoms with Crippen LogP contribution in [0.2, 0.25) is 0 Å². The lowest BCUT2D eigenvalue weighted by Gasteiger charge is -2.24. The highest BCUT2D eigenvalue weighted by atomic mass is 16.2. The largest absolute Gasteiger partial charge is 0.398 e. The first kappa shape index (κ1) is 6.09. The van der Waals surface area contributed by atoms with Crippen LogP contribution in [0.25, 0.3) is 10.9 Å². The van der Waals surface area contributed by atoms with E-state index in [0.717, 1.165) is 6.07 Å². The molecule has 0 unspecified atom stereocenters. The zero-order valence-corrected chi connectivity index (χ0v) is 10.5. The lowest BCUT2D eigenvalue weighted by atomic mass is 9.92. The van der Waals surface area contributed by atoms with Gasteiger partial charge in [0.1, 0.15) is 11.6 Å². The summed E-state index contributed by atoms with van der Waals surface area (Å²) in [4.78, 5) is 41.7. The summed E-state index contributed by atoms with van der Waals surface area (Å²) in [5, 5.41) is -0.696. The fourth-order valence-corrected chi connectivity index (χ4v) is 1.98. The molecule has 2 aromatic rings. The van der Waals surface area contributed by atoms with Gasteiger partial charge in [-0.2, -0.15) is 0 Å². The maximum atomic E-state index is 13.3. The Hall–Kier alpha value is -2.50. The summed E-state index contributed by atoms with van der Waals surface area (Å²) < 4.78 is 79.0. The Morgan fingerprint density at radius 1 is 1.52 bits per heavy atom. The van der Waals surface area contributed by atoms with E-state index in [-0.39, 0.29) is 4.57 Å². The van der Waals surface area contributed by atoms with Gasteiger partial charge in [-0.15, -0.1) is 0 Å². The molecule has 1 fully saturated rings. The molecule has 1 aliphatic rings. The molecular weight excluding hydrogens is 270 g/mol. The normalized spacial score (nSPS) is 35.0. The number of hydrogen-bond donors (Lipinski definition) is 1. The molecule has 6 heteroatoms. The molecule has 0 saturated heterocycles. The molecule has 0 amide bonds. The third-order valence-electron chi connectivity index (χ3n) is 2.92. The van der Waals surface area contributed by atoms with Gasteiger partial charge in [-0.05, 0) is 25.3 Å². The predicted octanol–water partition coefficient (Wildman–Crippen LogP) is 1.15. The summed E-state index contributed by atoms with van der Waals surface area (Å²) in [6, 6.07) is -3.70. The van der Waals surface area contributed by atoms with Crippen molar-refractivity contribution in [2.24, 2.45) is 0 Å². The number of nitrogens with two attached hydrogens (primary N) is 1. The van der Waals surface area contributed by atoms with Crippen LogP contribution in [0, 0.1) is 6.85 Å². The van der Waals surface area contributed by atoms with Crippen LogP contribution in [-0.4, -0.2) is 21.1 Å². The molecule has 0 aliphatic heterocycles. The van der Waals surface area contributed by atoms with Crippen molar-refractivity contribution in [3.63, 3.8) is 0 Å². The van der Waals surface area contributed by atoms with Crippen molar-refractivity contribution in [3.8, 4) is 0 Å². The van der Waals surface area contributed by atoms with Gasteiger partial charge in [-0.25, -0.2) is 4.98 Å². The number of aromatic nitrogens is 2. The number of Topliss-reactive ketones (excluding diaryl/α,β-unsaturated/α-hetero) is 2. The fourth-order valence-electron chi connectivity index (χ4n) is 1.98. The van der Waals surface area contributed by atoms with Crippen LogP contribution in [0.15, 0.2) is 22.9 Å². The van der Waals surface area contributed by atoms with Crippen molar-refractivity contribution in [2.45, 2.75) is 32.0 Å². The molecule has 6 nitrogen and oxygen atoms in total. The van der Waals surface area contributed by atoms with Crippen LogP contribution in [0.4, 0.5) is 5.69 Å². The summed E-state index contributed by atoms with van der Waals surface area (Å²) in [5.74, 6) is -4.28. The van der Waals surface area contributed by atoms with Gasteiger partial charge in [0.05, 0.1) is 27.5 Å². The second-order valence-electron chi connectivity index (χ2n) is 4.27. The van der Waals surface area contributed by atoms with E-state index in [2.05, 4.69) is 4.98 Å². The molecule has 1 aliphatic carbocycles. The smallest absolute Gasteiger partial charge is 0.264 e. The minimum Gasteiger partial charge on any atom is -0.398 e. The van der Waals surface area contributed by atoms with Crippen LogP contribution < -0.4 is 11.3 Å². The summed E-state index contributed by atoms with van der Waals surface area (Å²) in [6.45, 7) is -3.31. The molecule has 21 heavy (non-hydrogen) atoms. The number of rotatable bonds is 1. The van der Waals surface area contributed by atoms with Crippen LogP contribution >= 0.6 is 0 Å². The zero-order chi connectivity index (χ0) is 23.9. The van der Waals surface area contributed by atoms with Crippen LogP contribution in [0.1, 0.15) is 44.7 Å². The van der Waals surface area contributed by atoms with Crippen LogP contribution in [0.5, 0.6) is 0 Å². The van der Waals surface area contributed by atoms with Crippen molar-refractivity contribution in [2.75, 3.05) is 5.73 Å². The third kappa shape index (κ3) is 2.12. The monoisotopic (exact) mass is 295 g/mol. The Balaban J connectivity index is 2.62. The van der Waals surface area contributed by atoms with Gasteiger partial charge < -0.3 is 5.73 Å². The van der Waals surface area contributed by atoms with E-state index < -0.39 is 83.7 Å². The Morgan fingerprint density at radius 3 is 3.10 bits per heavy atom. The number of carbonyl (C=O) groups is 2. The summed E-state index contributed by atoms with van der Waals surface area (Å²) in [7, 11) is 0. The van der Waals surface area contributed by atoms with Gasteiger partial charge in [0.15, 0.2) is 5.78 Å². The molecule has 1 atom stereocenters. The second kappa shape index (κ2) is 4.80. The minimum absolute atomic E-state index is 0.121. The van der Waals surface area contributed by atoms with Gasteiger partial charge >= 0.3 is 0 Å². The molecule has 1 aromatic heterocycles. The quantitative estimate of drug-likeness (QED) is 0.629. The van der Waals surface area contributed by atoms with E-state index in [4.69, 9.17) is 19.4 Å². The van der Waals surface area contributed by atoms with E-state index in [0.29, 0.717) is 0 Å². The average molecular weight is 295 g/mol. The zero-order valence-electron chi connectivity index (χ0n) is 20.5. The lowest BCUT2D eigenvalue weighted by Crippen LogP contribution is -2.36. The number of nitrogen functional groups attached to an aromatic ring is 1. The maximum Gasteiger partial charge on any atom is 0.264 e. The molecule has 0 spiro atoms. The van der Waals surface area contributed by atoms with E-state index >= 15 is 0 Å². The SMILES string of the molecule is [2H]c1cc([2H])c2nc(C([2H])([2H])[2H])n([C@]3([2H])C(=O)CC(=O)C([2H])([2H])C3([2H])[2H])c(=O)c2c1N.